The van der Waals surface area contributed by atoms with Crippen molar-refractivity contribution in [3.63, 3.8) is 0 Å². The molecule has 0 aromatic carbocycles. The second kappa shape index (κ2) is 6.90. The SMILES string of the molecule is Cc1onc(Cc2nc(CCOCC(F)F)no2)c1C#N. The summed E-state index contributed by atoms with van der Waals surface area (Å²) in [4.78, 5) is 4.07. The number of aromatic nitrogens is 3. The Morgan fingerprint density at radius 2 is 2.14 bits per heavy atom. The second-order valence-corrected chi connectivity index (χ2v) is 4.17. The molecule has 0 amide bonds. The Balaban J connectivity index is 1.90. The fraction of sp³-hybridized carbons (Fsp3) is 0.500. The summed E-state index contributed by atoms with van der Waals surface area (Å²) in [6, 6.07) is 1.99. The number of nitriles is 1. The molecule has 2 rings (SSSR count). The summed E-state index contributed by atoms with van der Waals surface area (Å²) >= 11 is 0. The zero-order chi connectivity index (χ0) is 15.2. The van der Waals surface area contributed by atoms with Gasteiger partial charge in [-0.05, 0) is 6.92 Å². The Kier molecular flexibility index (Phi) is 4.94. The zero-order valence-corrected chi connectivity index (χ0v) is 11.2. The second-order valence-electron chi connectivity index (χ2n) is 4.17. The summed E-state index contributed by atoms with van der Waals surface area (Å²) in [5, 5.41) is 16.4. The molecule has 2 aromatic rings. The molecule has 7 nitrogen and oxygen atoms in total. The minimum absolute atomic E-state index is 0.0792. The first kappa shape index (κ1) is 15.1. The first-order chi connectivity index (χ1) is 10.1. The van der Waals surface area contributed by atoms with Crippen molar-refractivity contribution in [3.05, 3.63) is 28.7 Å². The number of halogens is 2. The number of ether oxygens (including phenoxy) is 1. The third kappa shape index (κ3) is 4.06. The predicted molar refractivity (Wildman–Crippen MR) is 63.6 cm³/mol. The van der Waals surface area contributed by atoms with Gasteiger partial charge in [-0.2, -0.15) is 10.2 Å². The van der Waals surface area contributed by atoms with Crippen molar-refractivity contribution < 1.29 is 22.6 Å². The van der Waals surface area contributed by atoms with Crippen molar-refractivity contribution in [2.75, 3.05) is 13.2 Å². The van der Waals surface area contributed by atoms with Crippen LogP contribution in [0.3, 0.4) is 0 Å². The van der Waals surface area contributed by atoms with Gasteiger partial charge in [0.2, 0.25) is 5.89 Å². The van der Waals surface area contributed by atoms with Gasteiger partial charge in [-0.25, -0.2) is 8.78 Å². The van der Waals surface area contributed by atoms with Gasteiger partial charge in [-0.3, -0.25) is 0 Å². The van der Waals surface area contributed by atoms with Crippen molar-refractivity contribution in [1.29, 1.82) is 5.26 Å². The van der Waals surface area contributed by atoms with Gasteiger partial charge in [-0.15, -0.1) is 0 Å². The number of aryl methyl sites for hydroxylation is 1. The van der Waals surface area contributed by atoms with Crippen LogP contribution in [0, 0.1) is 18.3 Å². The average Bonchev–Trinajstić information content (AvgIpc) is 3.02. The Hall–Kier alpha value is -2.34. The minimum Gasteiger partial charge on any atom is -0.375 e. The largest absolute Gasteiger partial charge is 0.375 e. The molecule has 0 bridgehead atoms. The van der Waals surface area contributed by atoms with E-state index in [0.29, 0.717) is 22.8 Å². The van der Waals surface area contributed by atoms with Crippen molar-refractivity contribution in [2.45, 2.75) is 26.2 Å². The fourth-order valence-corrected chi connectivity index (χ4v) is 1.62. The molecule has 0 spiro atoms. The van der Waals surface area contributed by atoms with Crippen molar-refractivity contribution in [3.8, 4) is 6.07 Å². The van der Waals surface area contributed by atoms with Gasteiger partial charge in [0.15, 0.2) is 11.6 Å². The van der Waals surface area contributed by atoms with Crippen molar-refractivity contribution >= 4 is 0 Å². The molecule has 0 unspecified atom stereocenters. The summed E-state index contributed by atoms with van der Waals surface area (Å²) in [5.74, 6) is 1.04. The smallest absolute Gasteiger partial charge is 0.261 e. The van der Waals surface area contributed by atoms with E-state index in [1.165, 1.54) is 0 Å². The van der Waals surface area contributed by atoms with Crippen LogP contribution in [-0.4, -0.2) is 34.9 Å². The molecule has 0 saturated heterocycles. The summed E-state index contributed by atoms with van der Waals surface area (Å²) < 4.78 is 38.4. The summed E-state index contributed by atoms with van der Waals surface area (Å²) in [6.45, 7) is 1.10. The molecule has 0 radical (unpaired) electrons. The monoisotopic (exact) mass is 298 g/mol. The highest BCUT2D eigenvalue weighted by atomic mass is 19.3. The topological polar surface area (TPSA) is 98.0 Å². The average molecular weight is 298 g/mol. The number of nitrogens with zero attached hydrogens (tertiary/aromatic N) is 4. The molecule has 0 fully saturated rings. The van der Waals surface area contributed by atoms with Gasteiger partial charge in [0, 0.05) is 6.42 Å². The molecule has 9 heteroatoms. The first-order valence-electron chi connectivity index (χ1n) is 6.12. The van der Waals surface area contributed by atoms with Crippen LogP contribution in [0.25, 0.3) is 0 Å². The maximum Gasteiger partial charge on any atom is 0.261 e. The third-order valence-corrected chi connectivity index (χ3v) is 2.59. The summed E-state index contributed by atoms with van der Waals surface area (Å²) in [7, 11) is 0. The summed E-state index contributed by atoms with van der Waals surface area (Å²) in [5.41, 5.74) is 0.758. The van der Waals surface area contributed by atoms with E-state index < -0.39 is 13.0 Å². The van der Waals surface area contributed by atoms with Crippen LogP contribution in [0.1, 0.15) is 28.7 Å². The van der Waals surface area contributed by atoms with E-state index in [1.807, 2.05) is 6.07 Å². The maximum atomic E-state index is 11.9. The number of rotatable bonds is 7. The highest BCUT2D eigenvalue weighted by Crippen LogP contribution is 2.15. The number of hydrogen-bond donors (Lipinski definition) is 0. The van der Waals surface area contributed by atoms with Crippen LogP contribution < -0.4 is 0 Å². The lowest BCUT2D eigenvalue weighted by atomic mass is 10.2. The third-order valence-electron chi connectivity index (χ3n) is 2.59. The Morgan fingerprint density at radius 1 is 1.33 bits per heavy atom. The van der Waals surface area contributed by atoms with E-state index in [2.05, 4.69) is 15.3 Å². The van der Waals surface area contributed by atoms with Gasteiger partial charge >= 0.3 is 0 Å². The van der Waals surface area contributed by atoms with Crippen molar-refractivity contribution in [1.82, 2.24) is 15.3 Å². The summed E-state index contributed by atoms with van der Waals surface area (Å²) in [6.07, 6.45) is -2.06. The standard InChI is InChI=1S/C12H12F2N4O3/c1-7-8(5-15)9(17-20-7)4-12-16-11(18-21-12)2-3-19-6-10(13)14/h10H,2-4,6H2,1H3. The van der Waals surface area contributed by atoms with E-state index in [1.54, 1.807) is 6.92 Å². The number of alkyl halides is 2. The molecule has 0 saturated carbocycles. The van der Waals surface area contributed by atoms with Crippen molar-refractivity contribution in [2.24, 2.45) is 0 Å². The van der Waals surface area contributed by atoms with Crippen LogP contribution in [0.15, 0.2) is 9.05 Å². The van der Waals surface area contributed by atoms with Crippen LogP contribution in [0.4, 0.5) is 8.78 Å². The lowest BCUT2D eigenvalue weighted by molar-refractivity contribution is 0.0182. The van der Waals surface area contributed by atoms with E-state index in [9.17, 15) is 8.78 Å². The lowest BCUT2D eigenvalue weighted by Crippen LogP contribution is -2.07. The molecule has 2 aromatic heterocycles. The van der Waals surface area contributed by atoms with E-state index in [4.69, 9.17) is 19.0 Å². The Labute approximate surface area is 118 Å². The molecule has 112 valence electrons. The molecule has 0 aliphatic carbocycles. The predicted octanol–water partition coefficient (Wildman–Crippen LogP) is 1.65. The molecule has 21 heavy (non-hydrogen) atoms. The van der Waals surface area contributed by atoms with Gasteiger partial charge in [0.1, 0.15) is 23.9 Å². The fourth-order valence-electron chi connectivity index (χ4n) is 1.62. The maximum absolute atomic E-state index is 11.9. The zero-order valence-electron chi connectivity index (χ0n) is 11.2. The minimum atomic E-state index is -2.49. The number of hydrogen-bond acceptors (Lipinski definition) is 7. The van der Waals surface area contributed by atoms with E-state index in [-0.39, 0.29) is 25.3 Å². The molecule has 0 atom stereocenters. The Bertz CT molecular complexity index is 633. The van der Waals surface area contributed by atoms with Gasteiger partial charge in [-0.1, -0.05) is 10.3 Å². The molecule has 2 heterocycles. The normalized spacial score (nSPS) is 11.0. The molecular weight excluding hydrogens is 286 g/mol. The molecular formula is C12H12F2N4O3. The quantitative estimate of drug-likeness (QED) is 0.717. The molecule has 0 aliphatic heterocycles. The lowest BCUT2D eigenvalue weighted by Gasteiger charge is -1.99. The molecule has 0 N–H and O–H groups in total. The highest BCUT2D eigenvalue weighted by molar-refractivity contribution is 5.36. The Morgan fingerprint density at radius 3 is 2.86 bits per heavy atom. The van der Waals surface area contributed by atoms with Gasteiger partial charge < -0.3 is 13.8 Å². The van der Waals surface area contributed by atoms with Gasteiger partial charge in [0.05, 0.1) is 13.0 Å². The van der Waals surface area contributed by atoms with Gasteiger partial charge in [0.25, 0.3) is 6.43 Å². The van der Waals surface area contributed by atoms with Crippen LogP contribution >= 0.6 is 0 Å². The van der Waals surface area contributed by atoms with Crippen LogP contribution in [0.5, 0.6) is 0 Å². The van der Waals surface area contributed by atoms with E-state index in [0.717, 1.165) is 0 Å². The van der Waals surface area contributed by atoms with Crippen LogP contribution in [-0.2, 0) is 17.6 Å². The van der Waals surface area contributed by atoms with Crippen LogP contribution in [0.2, 0.25) is 0 Å². The molecule has 0 aliphatic rings. The highest BCUT2D eigenvalue weighted by Gasteiger charge is 2.16. The van der Waals surface area contributed by atoms with E-state index >= 15 is 0 Å². The first-order valence-corrected chi connectivity index (χ1v) is 6.12.